The molecule has 1 aliphatic rings. The van der Waals surface area contributed by atoms with E-state index < -0.39 is 5.92 Å². The molecule has 1 atom stereocenters. The Hall–Kier alpha value is -2.83. The second-order valence-corrected chi connectivity index (χ2v) is 6.91. The van der Waals surface area contributed by atoms with Crippen LogP contribution in [0.5, 0.6) is 5.75 Å². The van der Waals surface area contributed by atoms with Gasteiger partial charge < -0.3 is 19.9 Å². The Bertz CT molecular complexity index is 813. The molecule has 2 amide bonds. The topological polar surface area (TPSA) is 85.2 Å². The molecule has 0 spiro atoms. The van der Waals surface area contributed by atoms with Crippen LogP contribution in [0.3, 0.4) is 0 Å². The summed E-state index contributed by atoms with van der Waals surface area (Å²) >= 11 is 0. The summed E-state index contributed by atoms with van der Waals surface area (Å²) in [5, 5.41) is 5.75. The van der Waals surface area contributed by atoms with Crippen LogP contribution in [-0.4, -0.2) is 28.5 Å². The van der Waals surface area contributed by atoms with E-state index in [1.54, 1.807) is 31.8 Å². The lowest BCUT2D eigenvalue weighted by atomic mass is 9.89. The molecule has 1 aromatic heterocycles. The van der Waals surface area contributed by atoms with Crippen LogP contribution in [0.1, 0.15) is 37.4 Å². The molecule has 1 aromatic carbocycles. The monoisotopic (exact) mass is 356 g/mol. The van der Waals surface area contributed by atoms with Gasteiger partial charge in [0.2, 0.25) is 11.8 Å². The smallest absolute Gasteiger partial charge is 0.228 e. The van der Waals surface area contributed by atoms with E-state index in [0.29, 0.717) is 23.9 Å². The van der Waals surface area contributed by atoms with E-state index in [2.05, 4.69) is 29.5 Å². The highest BCUT2D eigenvalue weighted by atomic mass is 16.5. The van der Waals surface area contributed by atoms with E-state index >= 15 is 0 Å². The SMILES string of the molecule is COc1ccc2c(c1)[C@H](C(=O)NCc1cncn1CC(C)C)CC(=O)N2. The Morgan fingerprint density at radius 2 is 2.27 bits per heavy atom. The quantitative estimate of drug-likeness (QED) is 0.832. The molecule has 0 fully saturated rings. The van der Waals surface area contributed by atoms with Crippen molar-refractivity contribution in [2.75, 3.05) is 12.4 Å². The van der Waals surface area contributed by atoms with E-state index in [9.17, 15) is 9.59 Å². The minimum Gasteiger partial charge on any atom is -0.497 e. The molecule has 26 heavy (non-hydrogen) atoms. The fraction of sp³-hybridized carbons (Fsp3) is 0.421. The van der Waals surface area contributed by atoms with Crippen molar-refractivity contribution in [2.24, 2.45) is 5.92 Å². The number of ether oxygens (including phenoxy) is 1. The zero-order valence-corrected chi connectivity index (χ0v) is 15.3. The standard InChI is InChI=1S/C19H24N4O3/c1-12(2)10-23-11-20-8-13(23)9-21-19(25)16-7-18(24)22-17-5-4-14(26-3)6-15(16)17/h4-6,8,11-12,16H,7,9-10H2,1-3H3,(H,21,25)(H,22,24)/t16-/m1/s1. The second kappa shape index (κ2) is 7.59. The highest BCUT2D eigenvalue weighted by Crippen LogP contribution is 2.35. The van der Waals surface area contributed by atoms with Gasteiger partial charge in [0.1, 0.15) is 5.75 Å². The predicted molar refractivity (Wildman–Crippen MR) is 97.9 cm³/mol. The van der Waals surface area contributed by atoms with Gasteiger partial charge in [0.25, 0.3) is 0 Å². The summed E-state index contributed by atoms with van der Waals surface area (Å²) in [6.45, 7) is 5.49. The molecule has 0 saturated carbocycles. The third-order valence-electron chi connectivity index (χ3n) is 4.42. The van der Waals surface area contributed by atoms with Crippen molar-refractivity contribution in [3.8, 4) is 5.75 Å². The summed E-state index contributed by atoms with van der Waals surface area (Å²) in [7, 11) is 1.58. The summed E-state index contributed by atoms with van der Waals surface area (Å²) in [4.78, 5) is 28.9. The number of aromatic nitrogens is 2. The van der Waals surface area contributed by atoms with Crippen LogP contribution < -0.4 is 15.4 Å². The molecule has 2 heterocycles. The van der Waals surface area contributed by atoms with Gasteiger partial charge in [-0.3, -0.25) is 9.59 Å². The third-order valence-corrected chi connectivity index (χ3v) is 4.42. The maximum atomic E-state index is 12.8. The number of methoxy groups -OCH3 is 1. The maximum absolute atomic E-state index is 12.8. The van der Waals surface area contributed by atoms with E-state index in [1.807, 2.05) is 10.6 Å². The van der Waals surface area contributed by atoms with Crippen molar-refractivity contribution in [3.63, 3.8) is 0 Å². The summed E-state index contributed by atoms with van der Waals surface area (Å²) in [5.41, 5.74) is 2.38. The first kappa shape index (κ1) is 18.0. The molecule has 2 N–H and O–H groups in total. The first-order valence-corrected chi connectivity index (χ1v) is 8.72. The molecule has 138 valence electrons. The number of imidazole rings is 1. The largest absolute Gasteiger partial charge is 0.497 e. The Kier molecular flexibility index (Phi) is 5.25. The molecule has 0 bridgehead atoms. The average molecular weight is 356 g/mol. The predicted octanol–water partition coefficient (Wildman–Crippen LogP) is 2.29. The molecular formula is C19H24N4O3. The van der Waals surface area contributed by atoms with E-state index in [-0.39, 0.29) is 18.2 Å². The molecule has 0 radical (unpaired) electrons. The molecule has 2 aromatic rings. The van der Waals surface area contributed by atoms with Gasteiger partial charge in [0, 0.05) is 24.8 Å². The highest BCUT2D eigenvalue weighted by molar-refractivity contribution is 6.01. The summed E-state index contributed by atoms with van der Waals surface area (Å²) < 4.78 is 7.29. The van der Waals surface area contributed by atoms with E-state index in [4.69, 9.17) is 4.74 Å². The fourth-order valence-electron chi connectivity index (χ4n) is 3.15. The number of nitrogens with zero attached hydrogens (tertiary/aromatic N) is 2. The maximum Gasteiger partial charge on any atom is 0.228 e. The number of carbonyl (C=O) groups is 2. The van der Waals surface area contributed by atoms with Crippen molar-refractivity contribution >= 4 is 17.5 Å². The van der Waals surface area contributed by atoms with Gasteiger partial charge >= 0.3 is 0 Å². The lowest BCUT2D eigenvalue weighted by molar-refractivity contribution is -0.126. The lowest BCUT2D eigenvalue weighted by Gasteiger charge is -2.25. The van der Waals surface area contributed by atoms with Gasteiger partial charge in [0.15, 0.2) is 0 Å². The normalized spacial score (nSPS) is 16.2. The van der Waals surface area contributed by atoms with Crippen LogP contribution in [0, 0.1) is 5.92 Å². The Morgan fingerprint density at radius 1 is 1.46 bits per heavy atom. The van der Waals surface area contributed by atoms with Crippen molar-refractivity contribution < 1.29 is 14.3 Å². The summed E-state index contributed by atoms with van der Waals surface area (Å²) in [6, 6.07) is 5.34. The Labute approximate surface area is 152 Å². The van der Waals surface area contributed by atoms with Crippen LogP contribution >= 0.6 is 0 Å². The number of benzene rings is 1. The Morgan fingerprint density at radius 3 is 3.00 bits per heavy atom. The molecule has 0 saturated heterocycles. The van der Waals surface area contributed by atoms with Gasteiger partial charge in [0.05, 0.1) is 31.6 Å². The molecule has 7 heteroatoms. The lowest BCUT2D eigenvalue weighted by Crippen LogP contribution is -2.35. The van der Waals surface area contributed by atoms with E-state index in [0.717, 1.165) is 17.8 Å². The van der Waals surface area contributed by atoms with Crippen molar-refractivity contribution in [1.29, 1.82) is 0 Å². The van der Waals surface area contributed by atoms with Crippen molar-refractivity contribution in [3.05, 3.63) is 42.0 Å². The first-order chi connectivity index (χ1) is 12.5. The summed E-state index contributed by atoms with van der Waals surface area (Å²) in [6.07, 6.45) is 3.65. The zero-order chi connectivity index (χ0) is 18.7. The number of amides is 2. The molecule has 0 aliphatic carbocycles. The number of fused-ring (bicyclic) bond motifs is 1. The Balaban J connectivity index is 1.74. The number of rotatable bonds is 6. The van der Waals surface area contributed by atoms with Crippen LogP contribution in [0.4, 0.5) is 5.69 Å². The number of hydrogen-bond acceptors (Lipinski definition) is 4. The fourth-order valence-corrected chi connectivity index (χ4v) is 3.15. The molecular weight excluding hydrogens is 332 g/mol. The zero-order valence-electron chi connectivity index (χ0n) is 15.3. The van der Waals surface area contributed by atoms with Gasteiger partial charge in [-0.15, -0.1) is 0 Å². The number of carbonyl (C=O) groups excluding carboxylic acids is 2. The first-order valence-electron chi connectivity index (χ1n) is 8.72. The minimum atomic E-state index is -0.532. The van der Waals surface area contributed by atoms with Gasteiger partial charge in [-0.05, 0) is 29.7 Å². The van der Waals surface area contributed by atoms with Gasteiger partial charge in [-0.25, -0.2) is 4.98 Å². The molecule has 0 unspecified atom stereocenters. The number of anilines is 1. The van der Waals surface area contributed by atoms with Crippen LogP contribution in [0.15, 0.2) is 30.7 Å². The summed E-state index contributed by atoms with van der Waals surface area (Å²) in [5.74, 6) is 0.280. The van der Waals surface area contributed by atoms with Gasteiger partial charge in [-0.1, -0.05) is 13.8 Å². The van der Waals surface area contributed by atoms with Crippen LogP contribution in [0.25, 0.3) is 0 Å². The second-order valence-electron chi connectivity index (χ2n) is 6.91. The molecule has 3 rings (SSSR count). The van der Waals surface area contributed by atoms with Crippen LogP contribution in [0.2, 0.25) is 0 Å². The van der Waals surface area contributed by atoms with Crippen molar-refractivity contribution in [2.45, 2.75) is 39.3 Å². The van der Waals surface area contributed by atoms with Crippen molar-refractivity contribution in [1.82, 2.24) is 14.9 Å². The third kappa shape index (κ3) is 3.87. The molecule has 7 nitrogen and oxygen atoms in total. The minimum absolute atomic E-state index is 0.122. The average Bonchev–Trinajstić information content (AvgIpc) is 3.04. The number of hydrogen-bond donors (Lipinski definition) is 2. The van der Waals surface area contributed by atoms with E-state index in [1.165, 1.54) is 0 Å². The van der Waals surface area contributed by atoms with Crippen LogP contribution in [-0.2, 0) is 22.7 Å². The van der Waals surface area contributed by atoms with Gasteiger partial charge in [-0.2, -0.15) is 0 Å². The molecule has 1 aliphatic heterocycles. The number of nitrogens with one attached hydrogen (secondary N) is 2. The highest BCUT2D eigenvalue weighted by Gasteiger charge is 2.31.